The Bertz CT molecular complexity index is 748. The molecule has 0 radical (unpaired) electrons. The predicted octanol–water partition coefficient (Wildman–Crippen LogP) is 5.87. The summed E-state index contributed by atoms with van der Waals surface area (Å²) in [6.45, 7) is 5.77. The Morgan fingerprint density at radius 1 is 0.750 bits per heavy atom. The number of phenolic OH excluding ortho intramolecular Hbond substituents is 2. The highest BCUT2D eigenvalue weighted by Crippen LogP contribution is 2.35. The minimum atomic E-state index is -0.750. The average Bonchev–Trinajstić information content (AvgIpc) is 2.76. The van der Waals surface area contributed by atoms with Crippen molar-refractivity contribution in [3.05, 3.63) is 58.9 Å². The van der Waals surface area contributed by atoms with Crippen LogP contribution in [-0.2, 0) is 19.3 Å². The fourth-order valence-corrected chi connectivity index (χ4v) is 3.67. The van der Waals surface area contributed by atoms with Crippen molar-refractivity contribution in [2.24, 2.45) is 0 Å². The highest BCUT2D eigenvalue weighted by Gasteiger charge is 2.16. The largest absolute Gasteiger partial charge is 0.504 e. The van der Waals surface area contributed by atoms with Crippen molar-refractivity contribution in [1.29, 1.82) is 0 Å². The molecular weight excluding hydrogens is 539 g/mol. The molecule has 0 heterocycles. The number of unbranched alkanes of at least 4 members (excludes halogenated alkanes) is 3. The molecule has 0 amide bonds. The Labute approximate surface area is 213 Å². The maximum Gasteiger partial charge on any atom is 0.194 e. The van der Waals surface area contributed by atoms with E-state index in [2.05, 4.69) is 34.9 Å². The van der Waals surface area contributed by atoms with Gasteiger partial charge in [-0.05, 0) is 75.5 Å². The van der Waals surface area contributed by atoms with E-state index >= 15 is 0 Å². The van der Waals surface area contributed by atoms with E-state index in [9.17, 15) is 14.6 Å². The smallest absolute Gasteiger partial charge is 0.194 e. The number of aromatic hydroxyl groups is 2. The molecule has 0 saturated carbocycles. The fourth-order valence-electron chi connectivity index (χ4n) is 3.67. The summed E-state index contributed by atoms with van der Waals surface area (Å²) in [5.41, 5.74) is 2.82. The number of phenols is 2. The maximum absolute atomic E-state index is 13.7. The third kappa shape index (κ3) is 11.1. The first kappa shape index (κ1) is 30.9. The Morgan fingerprint density at radius 2 is 1.34 bits per heavy atom. The van der Waals surface area contributed by atoms with Gasteiger partial charge in [-0.2, -0.15) is 0 Å². The van der Waals surface area contributed by atoms with E-state index in [-0.39, 0.29) is 39.7 Å². The molecule has 0 atom stereocenters. The Balaban J connectivity index is 0.00000480. The SMILES string of the molecule is Br.Br.CCCc1c(CCNCCCCCCNCCc2ccccc2)cc(F)c(O)c1O. The lowest BCUT2D eigenvalue weighted by Gasteiger charge is -2.13. The van der Waals surface area contributed by atoms with E-state index in [0.29, 0.717) is 18.4 Å². The number of rotatable bonds is 15. The summed E-state index contributed by atoms with van der Waals surface area (Å²) in [6, 6.07) is 11.9. The molecule has 0 spiro atoms. The van der Waals surface area contributed by atoms with E-state index in [0.717, 1.165) is 51.0 Å². The van der Waals surface area contributed by atoms with E-state index < -0.39 is 11.6 Å². The van der Waals surface area contributed by atoms with Gasteiger partial charge in [-0.25, -0.2) is 4.39 Å². The second kappa shape index (κ2) is 18.3. The van der Waals surface area contributed by atoms with Gasteiger partial charge in [-0.3, -0.25) is 0 Å². The molecule has 0 aliphatic rings. The van der Waals surface area contributed by atoms with Gasteiger partial charge in [0.05, 0.1) is 0 Å². The van der Waals surface area contributed by atoms with Crippen LogP contribution in [0.25, 0.3) is 0 Å². The molecule has 0 fully saturated rings. The van der Waals surface area contributed by atoms with Gasteiger partial charge in [0.25, 0.3) is 0 Å². The summed E-state index contributed by atoms with van der Waals surface area (Å²) in [4.78, 5) is 0. The topological polar surface area (TPSA) is 64.5 Å². The average molecular weight is 578 g/mol. The molecule has 4 N–H and O–H groups in total. The van der Waals surface area contributed by atoms with Gasteiger partial charge in [-0.15, -0.1) is 34.0 Å². The normalized spacial score (nSPS) is 10.4. The molecule has 2 aromatic carbocycles. The summed E-state index contributed by atoms with van der Waals surface area (Å²) >= 11 is 0. The van der Waals surface area contributed by atoms with Crippen molar-refractivity contribution in [3.63, 3.8) is 0 Å². The van der Waals surface area contributed by atoms with Crippen molar-refractivity contribution < 1.29 is 14.6 Å². The highest BCUT2D eigenvalue weighted by atomic mass is 79.9. The zero-order chi connectivity index (χ0) is 21.6. The first-order valence-corrected chi connectivity index (χ1v) is 11.3. The van der Waals surface area contributed by atoms with Crippen LogP contribution in [0.5, 0.6) is 11.5 Å². The third-order valence-electron chi connectivity index (χ3n) is 5.39. The van der Waals surface area contributed by atoms with Crippen LogP contribution in [0.4, 0.5) is 4.39 Å². The number of hydrogen-bond donors (Lipinski definition) is 4. The van der Waals surface area contributed by atoms with Gasteiger partial charge in [-0.1, -0.05) is 56.5 Å². The summed E-state index contributed by atoms with van der Waals surface area (Å²) in [5, 5.41) is 26.5. The lowest BCUT2D eigenvalue weighted by molar-refractivity contribution is 0.374. The quantitative estimate of drug-likeness (QED) is 0.158. The van der Waals surface area contributed by atoms with Gasteiger partial charge >= 0.3 is 0 Å². The molecule has 0 bridgehead atoms. The van der Waals surface area contributed by atoms with Crippen LogP contribution in [0.2, 0.25) is 0 Å². The molecule has 0 saturated heterocycles. The summed E-state index contributed by atoms with van der Waals surface area (Å²) in [7, 11) is 0. The lowest BCUT2D eigenvalue weighted by Crippen LogP contribution is -2.20. The summed E-state index contributed by atoms with van der Waals surface area (Å²) < 4.78 is 13.7. The fraction of sp³-hybridized carbons (Fsp3) is 0.520. The molecule has 0 aliphatic carbocycles. The molecule has 4 nitrogen and oxygen atoms in total. The van der Waals surface area contributed by atoms with Gasteiger partial charge < -0.3 is 20.8 Å². The standard InChI is InChI=1S/C25H37FN2O2.2BrH/c1-2-10-22-21(19-23(26)25(30)24(22)29)14-18-28-16-9-4-3-8-15-27-17-13-20-11-6-5-7-12-20;;/h5-7,11-12,19,27-30H,2-4,8-10,13-18H2,1H3;2*1H. The molecule has 182 valence electrons. The monoisotopic (exact) mass is 576 g/mol. The maximum atomic E-state index is 13.7. The molecular formula is C25H39Br2FN2O2. The van der Waals surface area contributed by atoms with Crippen LogP contribution in [0.3, 0.4) is 0 Å². The van der Waals surface area contributed by atoms with E-state index in [1.54, 1.807) is 0 Å². The number of hydrogen-bond acceptors (Lipinski definition) is 4. The van der Waals surface area contributed by atoms with Crippen molar-refractivity contribution in [2.45, 2.75) is 58.3 Å². The Morgan fingerprint density at radius 3 is 1.94 bits per heavy atom. The molecule has 2 rings (SSSR count). The Kier molecular flexibility index (Phi) is 17.6. The van der Waals surface area contributed by atoms with Crippen LogP contribution >= 0.6 is 34.0 Å². The van der Waals surface area contributed by atoms with Gasteiger partial charge in [0.15, 0.2) is 17.3 Å². The molecule has 2 aromatic rings. The van der Waals surface area contributed by atoms with Gasteiger partial charge in [0, 0.05) is 5.56 Å². The van der Waals surface area contributed by atoms with Crippen molar-refractivity contribution in [3.8, 4) is 11.5 Å². The molecule has 0 unspecified atom stereocenters. The summed E-state index contributed by atoms with van der Waals surface area (Å²) in [5.74, 6) is -1.69. The molecule has 32 heavy (non-hydrogen) atoms. The van der Waals surface area contributed by atoms with E-state index in [1.807, 2.05) is 13.0 Å². The predicted molar refractivity (Wildman–Crippen MR) is 142 cm³/mol. The van der Waals surface area contributed by atoms with Crippen molar-refractivity contribution >= 4 is 34.0 Å². The second-order valence-electron chi connectivity index (χ2n) is 7.84. The number of halogens is 3. The van der Waals surface area contributed by atoms with Crippen LogP contribution in [0.15, 0.2) is 36.4 Å². The number of benzene rings is 2. The van der Waals surface area contributed by atoms with Crippen LogP contribution in [-0.4, -0.2) is 36.4 Å². The second-order valence-corrected chi connectivity index (χ2v) is 7.84. The zero-order valence-electron chi connectivity index (χ0n) is 19.0. The molecule has 0 aliphatic heterocycles. The third-order valence-corrected chi connectivity index (χ3v) is 5.39. The van der Waals surface area contributed by atoms with E-state index in [1.165, 1.54) is 30.9 Å². The van der Waals surface area contributed by atoms with E-state index in [4.69, 9.17) is 0 Å². The Hall–Kier alpha value is -1.15. The van der Waals surface area contributed by atoms with Gasteiger partial charge in [0.1, 0.15) is 0 Å². The van der Waals surface area contributed by atoms with Crippen LogP contribution in [0.1, 0.15) is 55.7 Å². The molecule has 7 heteroatoms. The first-order chi connectivity index (χ1) is 14.6. The summed E-state index contributed by atoms with van der Waals surface area (Å²) in [6.07, 6.45) is 7.93. The van der Waals surface area contributed by atoms with Crippen LogP contribution < -0.4 is 10.6 Å². The van der Waals surface area contributed by atoms with Gasteiger partial charge in [0.2, 0.25) is 0 Å². The molecule has 0 aromatic heterocycles. The van der Waals surface area contributed by atoms with Crippen LogP contribution in [0, 0.1) is 5.82 Å². The number of nitrogens with one attached hydrogen (secondary N) is 2. The van der Waals surface area contributed by atoms with Crippen molar-refractivity contribution in [1.82, 2.24) is 10.6 Å². The first-order valence-electron chi connectivity index (χ1n) is 11.3. The minimum Gasteiger partial charge on any atom is -0.504 e. The highest BCUT2D eigenvalue weighted by molar-refractivity contribution is 8.93. The van der Waals surface area contributed by atoms with Crippen molar-refractivity contribution in [2.75, 3.05) is 26.2 Å². The minimum absolute atomic E-state index is 0. The zero-order valence-corrected chi connectivity index (χ0v) is 22.5. The lowest BCUT2D eigenvalue weighted by atomic mass is 9.98.